The Morgan fingerprint density at radius 3 is 2.70 bits per heavy atom. The number of likely N-dealkylation sites (N-methyl/N-ethyl adjacent to an activating group) is 1. The summed E-state index contributed by atoms with van der Waals surface area (Å²) in [7, 11) is 0. The molecule has 1 unspecified atom stereocenters. The smallest absolute Gasteiger partial charge is 0.181 e. The Kier molecular flexibility index (Phi) is 4.55. The van der Waals surface area contributed by atoms with Crippen LogP contribution in [0.3, 0.4) is 0 Å². The van der Waals surface area contributed by atoms with Crippen LogP contribution in [-0.4, -0.2) is 22.9 Å². The number of benzene rings is 1. The van der Waals surface area contributed by atoms with Crippen LogP contribution in [0.1, 0.15) is 37.6 Å². The van der Waals surface area contributed by atoms with Gasteiger partial charge in [0.15, 0.2) is 5.78 Å². The number of ketones is 1. The number of nitrogens with zero attached hydrogens (tertiary/aromatic N) is 1. The lowest BCUT2D eigenvalue weighted by atomic mass is 10.0. The van der Waals surface area contributed by atoms with Gasteiger partial charge in [0.05, 0.1) is 11.6 Å². The van der Waals surface area contributed by atoms with E-state index in [1.54, 1.807) is 6.07 Å². The van der Waals surface area contributed by atoms with E-state index in [0.717, 1.165) is 23.9 Å². The van der Waals surface area contributed by atoms with Crippen molar-refractivity contribution in [1.29, 1.82) is 0 Å². The van der Waals surface area contributed by atoms with Gasteiger partial charge in [0.1, 0.15) is 5.82 Å². The zero-order valence-electron chi connectivity index (χ0n) is 12.2. The molecular formula is C16H21FN2O. The molecule has 0 aliphatic rings. The van der Waals surface area contributed by atoms with Crippen molar-refractivity contribution < 1.29 is 9.18 Å². The van der Waals surface area contributed by atoms with Crippen molar-refractivity contribution in [2.24, 2.45) is 0 Å². The third-order valence-corrected chi connectivity index (χ3v) is 3.63. The van der Waals surface area contributed by atoms with Gasteiger partial charge in [0.2, 0.25) is 0 Å². The number of hydrogen-bond acceptors (Lipinski definition) is 2. The van der Waals surface area contributed by atoms with E-state index >= 15 is 0 Å². The van der Waals surface area contributed by atoms with Gasteiger partial charge >= 0.3 is 0 Å². The molecule has 1 atom stereocenters. The van der Waals surface area contributed by atoms with Crippen LogP contribution < -0.4 is 5.32 Å². The number of halogens is 1. The van der Waals surface area contributed by atoms with Gasteiger partial charge in [0, 0.05) is 23.7 Å². The fraction of sp³-hybridized carbons (Fsp3) is 0.438. The van der Waals surface area contributed by atoms with Gasteiger partial charge in [0.25, 0.3) is 0 Å². The second kappa shape index (κ2) is 6.18. The van der Waals surface area contributed by atoms with E-state index in [1.807, 2.05) is 31.5 Å². The summed E-state index contributed by atoms with van der Waals surface area (Å²) in [6.45, 7) is 7.43. The number of hydrogen-bond donors (Lipinski definition) is 1. The molecule has 1 aromatic carbocycles. The Bertz CT molecular complexity index is 618. The van der Waals surface area contributed by atoms with Crippen LogP contribution in [0, 0.1) is 5.82 Å². The van der Waals surface area contributed by atoms with Crippen LogP contribution in [0.5, 0.6) is 0 Å². The van der Waals surface area contributed by atoms with Gasteiger partial charge < -0.3 is 9.88 Å². The molecule has 0 fully saturated rings. The summed E-state index contributed by atoms with van der Waals surface area (Å²) in [4.78, 5) is 12.6. The Labute approximate surface area is 118 Å². The molecule has 1 aromatic heterocycles. The molecule has 0 saturated carbocycles. The Morgan fingerprint density at radius 1 is 1.35 bits per heavy atom. The largest absolute Gasteiger partial charge is 0.347 e. The normalized spacial score (nSPS) is 12.8. The number of nitrogens with one attached hydrogen (secondary N) is 1. The molecule has 0 bridgehead atoms. The van der Waals surface area contributed by atoms with Gasteiger partial charge in [-0.05, 0) is 38.1 Å². The third-order valence-electron chi connectivity index (χ3n) is 3.63. The molecule has 0 aliphatic carbocycles. The molecule has 0 saturated heterocycles. The predicted molar refractivity (Wildman–Crippen MR) is 79.7 cm³/mol. The van der Waals surface area contributed by atoms with Crippen LogP contribution in [-0.2, 0) is 6.54 Å². The monoisotopic (exact) mass is 276 g/mol. The van der Waals surface area contributed by atoms with E-state index in [2.05, 4.69) is 5.32 Å². The Balaban J connectivity index is 2.51. The quantitative estimate of drug-likeness (QED) is 0.821. The molecule has 1 N–H and O–H groups in total. The van der Waals surface area contributed by atoms with Crippen LogP contribution >= 0.6 is 0 Å². The zero-order valence-corrected chi connectivity index (χ0v) is 12.2. The van der Waals surface area contributed by atoms with Gasteiger partial charge in [-0.25, -0.2) is 4.39 Å². The van der Waals surface area contributed by atoms with Crippen molar-refractivity contribution in [1.82, 2.24) is 9.88 Å². The fourth-order valence-corrected chi connectivity index (χ4v) is 2.58. The minimum Gasteiger partial charge on any atom is -0.347 e. The molecular weight excluding hydrogens is 255 g/mol. The maximum absolute atomic E-state index is 13.4. The highest BCUT2D eigenvalue weighted by atomic mass is 19.1. The van der Waals surface area contributed by atoms with Crippen LogP contribution in [0.2, 0.25) is 0 Å². The number of fused-ring (bicyclic) bond motifs is 1. The van der Waals surface area contributed by atoms with Crippen LogP contribution in [0.4, 0.5) is 4.39 Å². The number of aromatic nitrogens is 1. The van der Waals surface area contributed by atoms with Crippen molar-refractivity contribution in [3.8, 4) is 0 Å². The summed E-state index contributed by atoms with van der Waals surface area (Å²) in [6, 6.07) is 4.42. The second-order valence-electron chi connectivity index (χ2n) is 4.87. The highest BCUT2D eigenvalue weighted by Crippen LogP contribution is 2.24. The van der Waals surface area contributed by atoms with Crippen molar-refractivity contribution in [2.75, 3.05) is 6.54 Å². The third kappa shape index (κ3) is 2.61. The maximum atomic E-state index is 13.4. The van der Waals surface area contributed by atoms with Gasteiger partial charge in [-0.3, -0.25) is 4.79 Å². The highest BCUT2D eigenvalue weighted by molar-refractivity contribution is 6.10. The van der Waals surface area contributed by atoms with Gasteiger partial charge in [-0.15, -0.1) is 0 Å². The minimum atomic E-state index is -0.275. The minimum absolute atomic E-state index is 0.0816. The topological polar surface area (TPSA) is 34.0 Å². The molecule has 0 amide bonds. The predicted octanol–water partition coefficient (Wildman–Crippen LogP) is 3.37. The summed E-state index contributed by atoms with van der Waals surface area (Å²) in [5, 5.41) is 4.03. The van der Waals surface area contributed by atoms with Crippen molar-refractivity contribution in [3.05, 3.63) is 35.8 Å². The number of Topliss-reactive ketones (excluding diaryl/α,β-unsaturated/α-hetero) is 1. The lowest BCUT2D eigenvalue weighted by molar-refractivity contribution is 0.0943. The summed E-state index contributed by atoms with van der Waals surface area (Å²) >= 11 is 0. The van der Waals surface area contributed by atoms with Gasteiger partial charge in [-0.1, -0.05) is 13.8 Å². The van der Waals surface area contributed by atoms with E-state index in [1.165, 1.54) is 12.1 Å². The number of carbonyl (C=O) groups excluding carboxylic acids is 1. The summed E-state index contributed by atoms with van der Waals surface area (Å²) in [5.41, 5.74) is 1.46. The number of carbonyl (C=O) groups is 1. The van der Waals surface area contributed by atoms with E-state index in [9.17, 15) is 9.18 Å². The average Bonchev–Trinajstić information content (AvgIpc) is 2.81. The summed E-state index contributed by atoms with van der Waals surface area (Å²) in [6.07, 6.45) is 2.58. The summed E-state index contributed by atoms with van der Waals surface area (Å²) < 4.78 is 15.3. The molecule has 0 radical (unpaired) electrons. The Hall–Kier alpha value is -1.68. The molecule has 108 valence electrons. The first-order valence-corrected chi connectivity index (χ1v) is 7.18. The number of aryl methyl sites for hydroxylation is 1. The first-order chi connectivity index (χ1) is 9.62. The van der Waals surface area contributed by atoms with Crippen LogP contribution in [0.25, 0.3) is 10.9 Å². The first-order valence-electron chi connectivity index (χ1n) is 7.18. The lowest BCUT2D eigenvalue weighted by Gasteiger charge is -2.13. The van der Waals surface area contributed by atoms with Crippen molar-refractivity contribution in [2.45, 2.75) is 39.8 Å². The molecule has 0 aliphatic heterocycles. The summed E-state index contributed by atoms with van der Waals surface area (Å²) in [5.74, 6) is -0.193. The molecule has 3 nitrogen and oxygen atoms in total. The highest BCUT2D eigenvalue weighted by Gasteiger charge is 2.21. The Morgan fingerprint density at radius 2 is 2.10 bits per heavy atom. The lowest BCUT2D eigenvalue weighted by Crippen LogP contribution is -2.35. The standard InChI is InChI=1S/C16H21FN2O/c1-4-14(18-5-2)16(20)13-10-19(6-3)15-9-11(17)7-8-12(13)15/h7-10,14,18H,4-6H2,1-3H3. The second-order valence-corrected chi connectivity index (χ2v) is 4.87. The van der Waals surface area contributed by atoms with Gasteiger partial charge in [-0.2, -0.15) is 0 Å². The molecule has 20 heavy (non-hydrogen) atoms. The maximum Gasteiger partial charge on any atom is 0.181 e. The van der Waals surface area contributed by atoms with E-state index in [-0.39, 0.29) is 17.6 Å². The van der Waals surface area contributed by atoms with E-state index in [0.29, 0.717) is 12.1 Å². The first kappa shape index (κ1) is 14.7. The average molecular weight is 276 g/mol. The zero-order chi connectivity index (χ0) is 14.7. The van der Waals surface area contributed by atoms with Crippen molar-refractivity contribution >= 4 is 16.7 Å². The molecule has 2 rings (SSSR count). The SMILES string of the molecule is CCNC(CC)C(=O)c1cn(CC)c2cc(F)ccc12. The van der Waals surface area contributed by atoms with Crippen molar-refractivity contribution in [3.63, 3.8) is 0 Å². The number of rotatable bonds is 6. The van der Waals surface area contributed by atoms with Crippen LogP contribution in [0.15, 0.2) is 24.4 Å². The molecule has 4 heteroatoms. The van der Waals surface area contributed by atoms with E-state index < -0.39 is 0 Å². The molecule has 2 aromatic rings. The molecule has 1 heterocycles. The van der Waals surface area contributed by atoms with E-state index in [4.69, 9.17) is 0 Å². The fourth-order valence-electron chi connectivity index (χ4n) is 2.58. The molecule has 0 spiro atoms.